The summed E-state index contributed by atoms with van der Waals surface area (Å²) in [5.41, 5.74) is 0.881. The summed E-state index contributed by atoms with van der Waals surface area (Å²) in [5, 5.41) is 3.23. The van der Waals surface area contributed by atoms with Crippen molar-refractivity contribution in [3.05, 3.63) is 27.9 Å². The maximum absolute atomic E-state index is 11.7. The first-order valence-electron chi connectivity index (χ1n) is 5.42. The van der Waals surface area contributed by atoms with Gasteiger partial charge in [0.2, 0.25) is 0 Å². The van der Waals surface area contributed by atoms with E-state index < -0.39 is 0 Å². The first-order valence-corrected chi connectivity index (χ1v) is 5.42. The Hall–Kier alpha value is -1.16. The van der Waals surface area contributed by atoms with Crippen molar-refractivity contribution in [2.75, 3.05) is 13.1 Å². The molecule has 1 saturated heterocycles. The molecule has 0 bridgehead atoms. The van der Waals surface area contributed by atoms with Crippen molar-refractivity contribution < 1.29 is 0 Å². The van der Waals surface area contributed by atoms with Gasteiger partial charge in [0.1, 0.15) is 5.82 Å². The Bertz CT molecular complexity index is 407. The molecule has 0 radical (unpaired) electrons. The van der Waals surface area contributed by atoms with E-state index in [-0.39, 0.29) is 5.56 Å². The molecule has 0 unspecified atom stereocenters. The van der Waals surface area contributed by atoms with E-state index >= 15 is 0 Å². The molecule has 15 heavy (non-hydrogen) atoms. The van der Waals surface area contributed by atoms with Crippen molar-refractivity contribution in [3.8, 4) is 0 Å². The van der Waals surface area contributed by atoms with E-state index in [2.05, 4.69) is 10.3 Å². The fraction of sp³-hybridized carbons (Fsp3) is 0.636. The van der Waals surface area contributed by atoms with Crippen LogP contribution < -0.4 is 10.9 Å². The molecule has 1 aliphatic heterocycles. The van der Waals surface area contributed by atoms with Crippen molar-refractivity contribution in [3.63, 3.8) is 0 Å². The molecular formula is C11H17N3O. The molecule has 2 heterocycles. The smallest absolute Gasteiger partial charge is 0.253 e. The number of nitrogens with one attached hydrogen (secondary N) is 1. The Kier molecular flexibility index (Phi) is 2.86. The lowest BCUT2D eigenvalue weighted by molar-refractivity contribution is 0.309. The second-order valence-corrected chi connectivity index (χ2v) is 4.25. The minimum atomic E-state index is 0.0762. The van der Waals surface area contributed by atoms with E-state index in [4.69, 9.17) is 0 Å². The van der Waals surface area contributed by atoms with Crippen LogP contribution >= 0.6 is 0 Å². The monoisotopic (exact) mass is 207 g/mol. The number of hydrogen-bond donors (Lipinski definition) is 1. The van der Waals surface area contributed by atoms with Gasteiger partial charge in [-0.05, 0) is 39.3 Å². The number of aryl methyl sites for hydroxylation is 2. The quantitative estimate of drug-likeness (QED) is 0.783. The maximum atomic E-state index is 11.7. The summed E-state index contributed by atoms with van der Waals surface area (Å²) in [4.78, 5) is 16.0. The Morgan fingerprint density at radius 1 is 1.53 bits per heavy atom. The lowest BCUT2D eigenvalue weighted by atomic mass is 9.99. The molecule has 0 amide bonds. The van der Waals surface area contributed by atoms with E-state index in [0.29, 0.717) is 0 Å². The van der Waals surface area contributed by atoms with Crippen LogP contribution in [-0.2, 0) is 6.54 Å². The van der Waals surface area contributed by atoms with Crippen LogP contribution in [0.2, 0.25) is 0 Å². The van der Waals surface area contributed by atoms with Crippen LogP contribution in [0.5, 0.6) is 0 Å². The molecule has 0 spiro atoms. The molecule has 82 valence electrons. The van der Waals surface area contributed by atoms with E-state index in [9.17, 15) is 4.79 Å². The second-order valence-electron chi connectivity index (χ2n) is 4.25. The van der Waals surface area contributed by atoms with E-state index in [1.54, 1.807) is 10.6 Å². The Labute approximate surface area is 89.3 Å². The predicted molar refractivity (Wildman–Crippen MR) is 58.9 cm³/mol. The highest BCUT2D eigenvalue weighted by atomic mass is 16.1. The van der Waals surface area contributed by atoms with E-state index in [1.165, 1.54) is 0 Å². The Morgan fingerprint density at radius 2 is 2.27 bits per heavy atom. The Balaban J connectivity index is 2.09. The van der Waals surface area contributed by atoms with Crippen molar-refractivity contribution in [2.45, 2.75) is 26.8 Å². The number of nitrogens with zero attached hydrogens (tertiary/aromatic N) is 2. The third kappa shape index (κ3) is 2.26. The molecular weight excluding hydrogens is 190 g/mol. The van der Waals surface area contributed by atoms with Gasteiger partial charge in [0.25, 0.3) is 5.56 Å². The number of aromatic nitrogens is 2. The van der Waals surface area contributed by atoms with Crippen LogP contribution in [0.15, 0.2) is 10.9 Å². The van der Waals surface area contributed by atoms with Crippen LogP contribution in [0.1, 0.15) is 17.9 Å². The van der Waals surface area contributed by atoms with Crippen LogP contribution in [0, 0.1) is 19.8 Å². The highest BCUT2D eigenvalue weighted by Gasteiger charge is 2.16. The second kappa shape index (κ2) is 4.14. The summed E-state index contributed by atoms with van der Waals surface area (Å²) < 4.78 is 1.77. The third-order valence-corrected chi connectivity index (χ3v) is 2.95. The largest absolute Gasteiger partial charge is 0.316 e. The molecule has 1 aromatic rings. The minimum absolute atomic E-state index is 0.0762. The third-order valence-electron chi connectivity index (χ3n) is 2.95. The van der Waals surface area contributed by atoms with Gasteiger partial charge in [0.05, 0.1) is 0 Å². The average Bonchev–Trinajstić information content (AvgIpc) is 2.06. The standard InChI is InChI=1S/C11H17N3O/c1-8-5-11(15)14(9(2)13-8)4-3-10-6-12-7-10/h5,10,12H,3-4,6-7H2,1-2H3. The first-order chi connectivity index (χ1) is 7.16. The topological polar surface area (TPSA) is 46.9 Å². The van der Waals surface area contributed by atoms with Gasteiger partial charge in [-0.15, -0.1) is 0 Å². The van der Waals surface area contributed by atoms with Gasteiger partial charge in [-0.1, -0.05) is 0 Å². The van der Waals surface area contributed by atoms with Crippen molar-refractivity contribution in [1.82, 2.24) is 14.9 Å². The van der Waals surface area contributed by atoms with Gasteiger partial charge in [-0.2, -0.15) is 0 Å². The van der Waals surface area contributed by atoms with E-state index in [1.807, 2.05) is 13.8 Å². The zero-order chi connectivity index (χ0) is 10.8. The summed E-state index contributed by atoms with van der Waals surface area (Å²) >= 11 is 0. The lowest BCUT2D eigenvalue weighted by Crippen LogP contribution is -2.42. The number of hydrogen-bond acceptors (Lipinski definition) is 3. The van der Waals surface area contributed by atoms with Crippen LogP contribution in [-0.4, -0.2) is 22.6 Å². The molecule has 1 fully saturated rings. The fourth-order valence-electron chi connectivity index (χ4n) is 1.90. The van der Waals surface area contributed by atoms with Crippen LogP contribution in [0.4, 0.5) is 0 Å². The molecule has 0 saturated carbocycles. The lowest BCUT2D eigenvalue weighted by Gasteiger charge is -2.27. The predicted octanol–water partition coefficient (Wildman–Crippen LogP) is 0.470. The van der Waals surface area contributed by atoms with Crippen LogP contribution in [0.25, 0.3) is 0 Å². The SMILES string of the molecule is Cc1cc(=O)n(CCC2CNC2)c(C)n1. The van der Waals surface area contributed by atoms with Gasteiger partial charge in [-0.3, -0.25) is 9.36 Å². The summed E-state index contributed by atoms with van der Waals surface area (Å²) in [6.45, 7) is 6.73. The summed E-state index contributed by atoms with van der Waals surface area (Å²) in [7, 11) is 0. The van der Waals surface area contributed by atoms with Gasteiger partial charge in [0, 0.05) is 18.3 Å². The minimum Gasteiger partial charge on any atom is -0.316 e. The molecule has 4 heteroatoms. The van der Waals surface area contributed by atoms with Gasteiger partial charge in [0.15, 0.2) is 0 Å². The zero-order valence-corrected chi connectivity index (χ0v) is 9.29. The molecule has 0 aliphatic carbocycles. The molecule has 0 aromatic carbocycles. The van der Waals surface area contributed by atoms with Crippen molar-refractivity contribution in [2.24, 2.45) is 5.92 Å². The number of rotatable bonds is 3. The highest BCUT2D eigenvalue weighted by molar-refractivity contribution is 5.01. The van der Waals surface area contributed by atoms with Gasteiger partial charge in [-0.25, -0.2) is 4.98 Å². The Morgan fingerprint density at radius 3 is 2.80 bits per heavy atom. The zero-order valence-electron chi connectivity index (χ0n) is 9.29. The molecule has 1 aliphatic rings. The summed E-state index contributed by atoms with van der Waals surface area (Å²) in [5.74, 6) is 1.56. The van der Waals surface area contributed by atoms with Crippen molar-refractivity contribution in [1.29, 1.82) is 0 Å². The van der Waals surface area contributed by atoms with Gasteiger partial charge < -0.3 is 5.32 Å². The maximum Gasteiger partial charge on any atom is 0.253 e. The normalized spacial score (nSPS) is 16.4. The molecule has 4 nitrogen and oxygen atoms in total. The van der Waals surface area contributed by atoms with E-state index in [0.717, 1.165) is 43.5 Å². The van der Waals surface area contributed by atoms with Gasteiger partial charge >= 0.3 is 0 Å². The average molecular weight is 207 g/mol. The summed E-state index contributed by atoms with van der Waals surface area (Å²) in [6.07, 6.45) is 1.07. The van der Waals surface area contributed by atoms with Crippen molar-refractivity contribution >= 4 is 0 Å². The molecule has 1 aromatic heterocycles. The fourth-order valence-corrected chi connectivity index (χ4v) is 1.90. The van der Waals surface area contributed by atoms with Crippen LogP contribution in [0.3, 0.4) is 0 Å². The molecule has 1 N–H and O–H groups in total. The highest BCUT2D eigenvalue weighted by Crippen LogP contribution is 2.09. The molecule has 0 atom stereocenters. The molecule has 2 rings (SSSR count). The first kappa shape index (κ1) is 10.4. The summed E-state index contributed by atoms with van der Waals surface area (Å²) in [6, 6.07) is 1.60.